The Morgan fingerprint density at radius 3 is 2.43 bits per heavy atom. The molecule has 1 heterocycles. The summed E-state index contributed by atoms with van der Waals surface area (Å²) in [6.45, 7) is 0.139. The number of carboxylic acids is 1. The number of rotatable bonds is 5. The van der Waals surface area contributed by atoms with Gasteiger partial charge in [0, 0.05) is 11.8 Å². The highest BCUT2D eigenvalue weighted by Gasteiger charge is 2.36. The molecule has 2 amide bonds. The molecule has 2 aliphatic rings. The Hall–Kier alpha value is -3.55. The van der Waals surface area contributed by atoms with Gasteiger partial charge in [0.25, 0.3) is 5.91 Å². The van der Waals surface area contributed by atoms with Crippen LogP contribution in [-0.2, 0) is 9.59 Å². The number of carbonyl (C=O) groups excluding carboxylic acids is 2. The van der Waals surface area contributed by atoms with Gasteiger partial charge in [-0.15, -0.1) is 0 Å². The summed E-state index contributed by atoms with van der Waals surface area (Å²) in [5.41, 5.74) is 1.16. The lowest BCUT2D eigenvalue weighted by atomic mass is 9.78. The molecule has 0 unspecified atom stereocenters. The van der Waals surface area contributed by atoms with E-state index in [1.54, 1.807) is 42.5 Å². The predicted octanol–water partition coefficient (Wildman–Crippen LogP) is 3.50. The van der Waals surface area contributed by atoms with Crippen LogP contribution in [0.2, 0.25) is 0 Å². The molecule has 3 N–H and O–H groups in total. The van der Waals surface area contributed by atoms with Crippen molar-refractivity contribution in [3.05, 3.63) is 48.0 Å². The second-order valence-corrected chi connectivity index (χ2v) is 7.39. The quantitative estimate of drug-likeness (QED) is 0.695. The number of carbonyl (C=O) groups is 3. The van der Waals surface area contributed by atoms with Crippen LogP contribution < -0.4 is 20.1 Å². The van der Waals surface area contributed by atoms with Crippen molar-refractivity contribution in [2.45, 2.75) is 25.7 Å². The summed E-state index contributed by atoms with van der Waals surface area (Å²) in [4.78, 5) is 37.2. The fraction of sp³-hybridized carbons (Fsp3) is 0.318. The van der Waals surface area contributed by atoms with Crippen molar-refractivity contribution >= 4 is 29.2 Å². The minimum absolute atomic E-state index is 0.139. The van der Waals surface area contributed by atoms with E-state index in [2.05, 4.69) is 10.6 Å². The summed E-state index contributed by atoms with van der Waals surface area (Å²) in [5, 5.41) is 15.0. The van der Waals surface area contributed by atoms with E-state index in [0.717, 1.165) is 12.8 Å². The summed E-state index contributed by atoms with van der Waals surface area (Å²) in [6, 6.07) is 11.7. The Bertz CT molecular complexity index is 989. The molecular weight excluding hydrogens is 388 g/mol. The minimum atomic E-state index is -0.955. The fourth-order valence-electron chi connectivity index (χ4n) is 3.93. The van der Waals surface area contributed by atoms with E-state index < -0.39 is 23.7 Å². The topological polar surface area (TPSA) is 114 Å². The molecule has 0 saturated heterocycles. The van der Waals surface area contributed by atoms with E-state index in [0.29, 0.717) is 35.7 Å². The smallest absolute Gasteiger partial charge is 0.307 e. The van der Waals surface area contributed by atoms with Gasteiger partial charge in [-0.25, -0.2) is 0 Å². The lowest BCUT2D eigenvalue weighted by Crippen LogP contribution is -2.36. The average molecular weight is 410 g/mol. The van der Waals surface area contributed by atoms with Gasteiger partial charge in [-0.3, -0.25) is 14.4 Å². The molecule has 1 fully saturated rings. The summed E-state index contributed by atoms with van der Waals surface area (Å²) in [5.74, 6) is -1.88. The zero-order chi connectivity index (χ0) is 21.1. The Kier molecular flexibility index (Phi) is 5.56. The zero-order valence-corrected chi connectivity index (χ0v) is 16.2. The lowest BCUT2D eigenvalue weighted by Gasteiger charge is -2.27. The highest BCUT2D eigenvalue weighted by molar-refractivity contribution is 6.10. The van der Waals surface area contributed by atoms with Crippen molar-refractivity contribution in [3.63, 3.8) is 0 Å². The largest absolute Gasteiger partial charge is 0.481 e. The van der Waals surface area contributed by atoms with Gasteiger partial charge in [-0.2, -0.15) is 0 Å². The van der Waals surface area contributed by atoms with Crippen LogP contribution in [0.5, 0.6) is 11.5 Å². The van der Waals surface area contributed by atoms with Gasteiger partial charge in [-0.1, -0.05) is 25.0 Å². The third-order valence-electron chi connectivity index (χ3n) is 5.48. The molecule has 0 aromatic heterocycles. The highest BCUT2D eigenvalue weighted by Crippen LogP contribution is 2.35. The first kappa shape index (κ1) is 19.8. The third kappa shape index (κ3) is 4.07. The number of fused-ring (bicyclic) bond motifs is 1. The van der Waals surface area contributed by atoms with Crippen LogP contribution in [0.15, 0.2) is 42.5 Å². The van der Waals surface area contributed by atoms with Gasteiger partial charge in [0.05, 0.1) is 23.1 Å². The standard InChI is InChI=1S/C22H22N2O6/c25-20(14-5-1-2-6-15(14)22(27)28)24-17-8-4-3-7-16(17)21(26)23-13-9-10-18-19(11-13)30-12-29-18/h3-4,7-11,14-15H,1-2,5-6,12H2,(H,23,26)(H,24,25)(H,27,28)/t14-,15-/m1/s1. The van der Waals surface area contributed by atoms with Crippen LogP contribution in [-0.4, -0.2) is 29.7 Å². The van der Waals surface area contributed by atoms with Crippen molar-refractivity contribution in [3.8, 4) is 11.5 Å². The molecule has 0 radical (unpaired) electrons. The third-order valence-corrected chi connectivity index (χ3v) is 5.48. The molecule has 156 valence electrons. The maximum atomic E-state index is 12.8. The molecule has 1 aliphatic carbocycles. The Labute approximate surface area is 173 Å². The highest BCUT2D eigenvalue weighted by atomic mass is 16.7. The van der Waals surface area contributed by atoms with Crippen molar-refractivity contribution in [1.29, 1.82) is 0 Å². The van der Waals surface area contributed by atoms with E-state index in [4.69, 9.17) is 9.47 Å². The molecule has 2 aromatic carbocycles. The van der Waals surface area contributed by atoms with Crippen molar-refractivity contribution < 1.29 is 29.0 Å². The number of carboxylic acid groups (broad SMARTS) is 1. The summed E-state index contributed by atoms with van der Waals surface area (Å²) < 4.78 is 10.6. The van der Waals surface area contributed by atoms with Crippen LogP contribution in [0.25, 0.3) is 0 Å². The average Bonchev–Trinajstić information content (AvgIpc) is 3.22. The van der Waals surface area contributed by atoms with Gasteiger partial charge in [0.15, 0.2) is 11.5 Å². The molecule has 4 rings (SSSR count). The Morgan fingerprint density at radius 1 is 0.900 bits per heavy atom. The van der Waals surface area contributed by atoms with Crippen molar-refractivity contribution in [2.24, 2.45) is 11.8 Å². The molecule has 0 bridgehead atoms. The number of hydrogen-bond acceptors (Lipinski definition) is 5. The number of amides is 2. The van der Waals surface area contributed by atoms with Gasteiger partial charge >= 0.3 is 5.97 Å². The maximum Gasteiger partial charge on any atom is 0.307 e. The maximum absolute atomic E-state index is 12.8. The van der Waals surface area contributed by atoms with E-state index in [-0.39, 0.29) is 18.3 Å². The molecule has 1 saturated carbocycles. The Balaban J connectivity index is 1.50. The molecule has 2 atom stereocenters. The number of ether oxygens (including phenoxy) is 2. The van der Waals surface area contributed by atoms with Crippen LogP contribution in [0.1, 0.15) is 36.0 Å². The van der Waals surface area contributed by atoms with Crippen LogP contribution in [0.3, 0.4) is 0 Å². The molecule has 8 nitrogen and oxygen atoms in total. The van der Waals surface area contributed by atoms with E-state index in [1.165, 1.54) is 0 Å². The Morgan fingerprint density at radius 2 is 1.63 bits per heavy atom. The van der Waals surface area contributed by atoms with Crippen LogP contribution in [0, 0.1) is 11.8 Å². The number of para-hydroxylation sites is 1. The summed E-state index contributed by atoms with van der Waals surface area (Å²) in [7, 11) is 0. The summed E-state index contributed by atoms with van der Waals surface area (Å²) in [6.07, 6.45) is 2.62. The fourth-order valence-corrected chi connectivity index (χ4v) is 3.93. The van der Waals surface area contributed by atoms with E-state index >= 15 is 0 Å². The number of hydrogen-bond donors (Lipinski definition) is 3. The second kappa shape index (κ2) is 8.44. The monoisotopic (exact) mass is 410 g/mol. The number of anilines is 2. The van der Waals surface area contributed by atoms with E-state index in [1.807, 2.05) is 0 Å². The van der Waals surface area contributed by atoms with Gasteiger partial charge in [-0.05, 0) is 37.1 Å². The molecule has 30 heavy (non-hydrogen) atoms. The number of benzene rings is 2. The van der Waals surface area contributed by atoms with Crippen LogP contribution >= 0.6 is 0 Å². The molecular formula is C22H22N2O6. The summed E-state index contributed by atoms with van der Waals surface area (Å²) >= 11 is 0. The molecule has 1 aliphatic heterocycles. The van der Waals surface area contributed by atoms with E-state index in [9.17, 15) is 19.5 Å². The molecule has 8 heteroatoms. The second-order valence-electron chi connectivity index (χ2n) is 7.39. The first-order valence-electron chi connectivity index (χ1n) is 9.86. The SMILES string of the molecule is O=C(Nc1ccc2c(c1)OCO2)c1ccccc1NC(=O)[C@@H]1CCCC[C@H]1C(=O)O. The van der Waals surface area contributed by atoms with Crippen molar-refractivity contribution in [2.75, 3.05) is 17.4 Å². The van der Waals surface area contributed by atoms with Crippen LogP contribution in [0.4, 0.5) is 11.4 Å². The minimum Gasteiger partial charge on any atom is -0.481 e. The van der Waals surface area contributed by atoms with Gasteiger partial charge < -0.3 is 25.2 Å². The van der Waals surface area contributed by atoms with Gasteiger partial charge in [0.1, 0.15) is 0 Å². The normalized spacial score (nSPS) is 19.7. The lowest BCUT2D eigenvalue weighted by molar-refractivity contribution is -0.147. The molecule has 2 aromatic rings. The van der Waals surface area contributed by atoms with Crippen molar-refractivity contribution in [1.82, 2.24) is 0 Å². The predicted molar refractivity (Wildman–Crippen MR) is 109 cm³/mol. The zero-order valence-electron chi connectivity index (χ0n) is 16.2. The number of aliphatic carboxylic acids is 1. The first-order valence-corrected chi connectivity index (χ1v) is 9.86. The first-order chi connectivity index (χ1) is 14.5. The molecule has 0 spiro atoms. The number of nitrogens with one attached hydrogen (secondary N) is 2. The van der Waals surface area contributed by atoms with Gasteiger partial charge in [0.2, 0.25) is 12.7 Å².